The summed E-state index contributed by atoms with van der Waals surface area (Å²) in [7, 11) is 6.13. The second kappa shape index (κ2) is 7.87. The van der Waals surface area contributed by atoms with Crippen molar-refractivity contribution in [2.24, 2.45) is 0 Å². The second-order valence-corrected chi connectivity index (χ2v) is 8.04. The molecule has 4 rings (SSSR count). The number of benzene rings is 1. The predicted molar refractivity (Wildman–Crippen MR) is 114 cm³/mol. The molecule has 5 nitrogen and oxygen atoms in total. The molecule has 1 atom stereocenters. The Morgan fingerprint density at radius 2 is 1.79 bits per heavy atom. The van der Waals surface area contributed by atoms with Crippen LogP contribution in [-0.2, 0) is 6.54 Å². The van der Waals surface area contributed by atoms with Crippen LogP contribution in [-0.4, -0.2) is 60.4 Å². The number of likely N-dealkylation sites (tertiary alicyclic amines) is 1. The van der Waals surface area contributed by atoms with Gasteiger partial charge in [-0.05, 0) is 62.5 Å². The highest BCUT2D eigenvalue weighted by atomic mass is 19.1. The Bertz CT molecular complexity index is 1010. The summed E-state index contributed by atoms with van der Waals surface area (Å²) in [6.45, 7) is 2.22. The molecule has 2 aromatic heterocycles. The van der Waals surface area contributed by atoms with E-state index < -0.39 is 0 Å². The van der Waals surface area contributed by atoms with Crippen molar-refractivity contribution in [2.75, 3.05) is 39.1 Å². The summed E-state index contributed by atoms with van der Waals surface area (Å²) in [6.07, 6.45) is 2.94. The number of aromatic nitrogens is 1. The number of amides is 1. The van der Waals surface area contributed by atoms with E-state index in [0.29, 0.717) is 18.2 Å². The molecule has 0 bridgehead atoms. The lowest BCUT2D eigenvalue weighted by Gasteiger charge is -2.21. The third-order valence-electron chi connectivity index (χ3n) is 5.78. The van der Waals surface area contributed by atoms with E-state index in [-0.39, 0.29) is 11.7 Å². The molecule has 6 heteroatoms. The molecule has 3 aromatic rings. The summed E-state index contributed by atoms with van der Waals surface area (Å²) in [5.41, 5.74) is 2.77. The highest BCUT2D eigenvalue weighted by Gasteiger charge is 2.28. The van der Waals surface area contributed by atoms with Gasteiger partial charge < -0.3 is 19.1 Å². The Balaban J connectivity index is 1.56. The largest absolute Gasteiger partial charge is 0.356 e. The Morgan fingerprint density at radius 3 is 2.48 bits per heavy atom. The number of likely N-dealkylation sites (N-methyl/N-ethyl adjacent to an activating group) is 1. The van der Waals surface area contributed by atoms with Crippen molar-refractivity contribution in [2.45, 2.75) is 19.0 Å². The van der Waals surface area contributed by atoms with Gasteiger partial charge in [0.2, 0.25) is 0 Å². The maximum atomic E-state index is 13.2. The van der Waals surface area contributed by atoms with Gasteiger partial charge in [-0.15, -0.1) is 0 Å². The molecule has 1 aliphatic rings. The maximum Gasteiger partial charge on any atom is 0.255 e. The zero-order valence-electron chi connectivity index (χ0n) is 17.2. The van der Waals surface area contributed by atoms with Crippen LogP contribution in [0.4, 0.5) is 10.2 Å². The Hall–Kier alpha value is -2.86. The smallest absolute Gasteiger partial charge is 0.255 e. The molecule has 29 heavy (non-hydrogen) atoms. The molecule has 0 radical (unpaired) electrons. The first-order valence-electron chi connectivity index (χ1n) is 9.95. The monoisotopic (exact) mass is 394 g/mol. The Morgan fingerprint density at radius 1 is 1.07 bits per heavy atom. The molecule has 0 spiro atoms. The van der Waals surface area contributed by atoms with Crippen LogP contribution in [0.3, 0.4) is 0 Å². The van der Waals surface area contributed by atoms with E-state index in [1.54, 1.807) is 12.1 Å². The van der Waals surface area contributed by atoms with Gasteiger partial charge in [-0.3, -0.25) is 4.79 Å². The molecule has 1 saturated heterocycles. The van der Waals surface area contributed by atoms with Crippen molar-refractivity contribution >= 4 is 17.2 Å². The number of carbonyl (C=O) groups excluding carboxylic acids is 1. The summed E-state index contributed by atoms with van der Waals surface area (Å²) in [5, 5.41) is 0. The van der Waals surface area contributed by atoms with Crippen molar-refractivity contribution < 1.29 is 9.18 Å². The fourth-order valence-corrected chi connectivity index (χ4v) is 4.00. The third-order valence-corrected chi connectivity index (χ3v) is 5.78. The minimum atomic E-state index is -0.230. The Labute approximate surface area is 170 Å². The zero-order chi connectivity index (χ0) is 20.5. The summed E-state index contributed by atoms with van der Waals surface area (Å²) in [4.78, 5) is 19.3. The highest BCUT2D eigenvalue weighted by molar-refractivity contribution is 5.94. The molecule has 1 aromatic carbocycles. The van der Waals surface area contributed by atoms with Crippen LogP contribution in [0.1, 0.15) is 22.3 Å². The number of rotatable bonds is 5. The van der Waals surface area contributed by atoms with Crippen LogP contribution < -0.4 is 4.90 Å². The quantitative estimate of drug-likeness (QED) is 0.664. The lowest BCUT2D eigenvalue weighted by atomic mass is 10.2. The molecule has 3 heterocycles. The lowest BCUT2D eigenvalue weighted by Crippen LogP contribution is -2.34. The zero-order valence-corrected chi connectivity index (χ0v) is 17.2. The van der Waals surface area contributed by atoms with Crippen molar-refractivity contribution in [1.29, 1.82) is 0 Å². The van der Waals surface area contributed by atoms with Gasteiger partial charge in [0, 0.05) is 44.4 Å². The number of carbonyl (C=O) groups is 1. The third kappa shape index (κ3) is 3.98. The van der Waals surface area contributed by atoms with E-state index in [1.165, 1.54) is 12.1 Å². The molecule has 152 valence electrons. The van der Waals surface area contributed by atoms with E-state index in [2.05, 4.69) is 28.3 Å². The van der Waals surface area contributed by atoms with Crippen LogP contribution in [0.15, 0.2) is 54.7 Å². The molecule has 1 amide bonds. The number of fused-ring (bicyclic) bond motifs is 1. The van der Waals surface area contributed by atoms with E-state index in [1.807, 2.05) is 42.4 Å². The van der Waals surface area contributed by atoms with E-state index >= 15 is 0 Å². The first-order chi connectivity index (χ1) is 13.9. The number of hydrogen-bond acceptors (Lipinski definition) is 3. The van der Waals surface area contributed by atoms with Crippen LogP contribution >= 0.6 is 0 Å². The minimum absolute atomic E-state index is 0.0806. The summed E-state index contributed by atoms with van der Waals surface area (Å²) in [5.74, 6) is 0.842. The fourth-order valence-electron chi connectivity index (χ4n) is 4.00. The summed E-state index contributed by atoms with van der Waals surface area (Å²) >= 11 is 0. The van der Waals surface area contributed by atoms with E-state index in [0.717, 1.165) is 36.4 Å². The second-order valence-electron chi connectivity index (χ2n) is 8.04. The van der Waals surface area contributed by atoms with Gasteiger partial charge in [0.15, 0.2) is 0 Å². The van der Waals surface area contributed by atoms with Gasteiger partial charge in [0.05, 0.1) is 5.56 Å². The highest BCUT2D eigenvalue weighted by Crippen LogP contribution is 2.23. The fraction of sp³-hybridized carbons (Fsp3) is 0.348. The van der Waals surface area contributed by atoms with Crippen molar-refractivity contribution in [3.63, 3.8) is 0 Å². The average Bonchev–Trinajstić information content (AvgIpc) is 3.36. The van der Waals surface area contributed by atoms with Crippen molar-refractivity contribution in [3.05, 3.63) is 71.7 Å². The standard InChI is InChI=1S/C23H27FN4O/c1-25(2)21-12-13-27(16-21)23(29)18-6-9-20-10-11-22(28(20)15-18)26(3)14-17-4-7-19(24)8-5-17/h4-11,15,21H,12-14,16H2,1-3H3. The van der Waals surface area contributed by atoms with Crippen molar-refractivity contribution in [1.82, 2.24) is 14.2 Å². The van der Waals surface area contributed by atoms with Crippen LogP contribution in [0, 0.1) is 5.82 Å². The number of anilines is 1. The molecule has 0 saturated carbocycles. The maximum absolute atomic E-state index is 13.2. The number of halogens is 1. The van der Waals surface area contributed by atoms with Gasteiger partial charge in [-0.25, -0.2) is 4.39 Å². The first kappa shape index (κ1) is 19.5. The topological polar surface area (TPSA) is 31.2 Å². The first-order valence-corrected chi connectivity index (χ1v) is 9.95. The molecular formula is C23H27FN4O. The number of pyridine rings is 1. The normalized spacial score (nSPS) is 16.7. The predicted octanol–water partition coefficient (Wildman–Crippen LogP) is 3.49. The average molecular weight is 394 g/mol. The van der Waals surface area contributed by atoms with E-state index in [4.69, 9.17) is 0 Å². The molecule has 0 N–H and O–H groups in total. The minimum Gasteiger partial charge on any atom is -0.356 e. The van der Waals surface area contributed by atoms with Gasteiger partial charge in [-0.1, -0.05) is 12.1 Å². The van der Waals surface area contributed by atoms with Gasteiger partial charge in [0.1, 0.15) is 11.6 Å². The van der Waals surface area contributed by atoms with E-state index in [9.17, 15) is 9.18 Å². The Kier molecular flexibility index (Phi) is 5.28. The van der Waals surface area contributed by atoms with Crippen LogP contribution in [0.25, 0.3) is 5.52 Å². The van der Waals surface area contributed by atoms with Crippen LogP contribution in [0.2, 0.25) is 0 Å². The van der Waals surface area contributed by atoms with Gasteiger partial charge in [-0.2, -0.15) is 0 Å². The van der Waals surface area contributed by atoms with Gasteiger partial charge >= 0.3 is 0 Å². The van der Waals surface area contributed by atoms with Gasteiger partial charge in [0.25, 0.3) is 5.91 Å². The summed E-state index contributed by atoms with van der Waals surface area (Å²) < 4.78 is 15.2. The molecule has 1 aliphatic heterocycles. The number of nitrogens with zero attached hydrogens (tertiary/aromatic N) is 4. The van der Waals surface area contributed by atoms with Crippen LogP contribution in [0.5, 0.6) is 0 Å². The molecule has 1 unspecified atom stereocenters. The summed E-state index contributed by atoms with van der Waals surface area (Å²) in [6, 6.07) is 15.0. The van der Waals surface area contributed by atoms with Crippen molar-refractivity contribution in [3.8, 4) is 0 Å². The molecular weight excluding hydrogens is 367 g/mol. The molecule has 0 aliphatic carbocycles. The molecule has 1 fully saturated rings. The number of hydrogen-bond donors (Lipinski definition) is 0. The lowest BCUT2D eigenvalue weighted by molar-refractivity contribution is 0.0782. The SMILES string of the molecule is CN(Cc1ccc(F)cc1)c1ccc2ccc(C(=O)N3CCC(N(C)C)C3)cn12.